The minimum atomic E-state index is -0.0845. The lowest BCUT2D eigenvalue weighted by Crippen LogP contribution is -2.44. The molecule has 0 saturated heterocycles. The molecule has 2 atom stereocenters. The summed E-state index contributed by atoms with van der Waals surface area (Å²) in [5, 5.41) is 2.46. The molecule has 0 radical (unpaired) electrons. The van der Waals surface area contributed by atoms with Crippen molar-refractivity contribution in [2.75, 3.05) is 6.54 Å². The number of fused-ring (bicyclic) bond motifs is 6. The lowest BCUT2D eigenvalue weighted by atomic mass is 9.89. The standard InChI is InChI=1S/C24H19NO2/c1-3-8-18-16(6-1)11-12-20-22(18)23(21-10-5-15-26-21)25-14-13-17-7-2-4-9-19(17)24(25)27-20/h1-12,15,23-24H,13-14H2. The van der Waals surface area contributed by atoms with Crippen LogP contribution in [0, 0.1) is 0 Å². The quantitative estimate of drug-likeness (QED) is 0.454. The van der Waals surface area contributed by atoms with E-state index in [2.05, 4.69) is 71.6 Å². The van der Waals surface area contributed by atoms with Crippen LogP contribution in [0.25, 0.3) is 10.8 Å². The fourth-order valence-corrected chi connectivity index (χ4v) is 4.64. The zero-order valence-electron chi connectivity index (χ0n) is 14.8. The van der Waals surface area contributed by atoms with Crippen LogP contribution in [0.1, 0.15) is 34.7 Å². The van der Waals surface area contributed by atoms with Crippen LogP contribution in [0.2, 0.25) is 0 Å². The number of furan rings is 1. The molecule has 6 rings (SSSR count). The SMILES string of the molecule is c1coc(C2c3c(ccc4ccccc34)OC3c4ccccc4CCN32)c1. The molecule has 27 heavy (non-hydrogen) atoms. The van der Waals surface area contributed by atoms with Crippen LogP contribution < -0.4 is 4.74 Å². The van der Waals surface area contributed by atoms with Crippen LogP contribution in [-0.2, 0) is 6.42 Å². The van der Waals surface area contributed by atoms with Crippen molar-refractivity contribution in [3.8, 4) is 5.75 Å². The third-order valence-electron chi connectivity index (χ3n) is 5.85. The topological polar surface area (TPSA) is 25.6 Å². The summed E-state index contributed by atoms with van der Waals surface area (Å²) >= 11 is 0. The van der Waals surface area contributed by atoms with Crippen LogP contribution in [0.4, 0.5) is 0 Å². The Morgan fingerprint density at radius 1 is 0.852 bits per heavy atom. The molecule has 0 fully saturated rings. The fourth-order valence-electron chi connectivity index (χ4n) is 4.64. The van der Waals surface area contributed by atoms with Gasteiger partial charge in [-0.15, -0.1) is 0 Å². The van der Waals surface area contributed by atoms with Crippen LogP contribution in [0.15, 0.2) is 83.5 Å². The molecule has 2 aliphatic heterocycles. The first-order valence-corrected chi connectivity index (χ1v) is 9.45. The van der Waals surface area contributed by atoms with E-state index in [1.807, 2.05) is 6.07 Å². The smallest absolute Gasteiger partial charge is 0.180 e. The molecule has 1 aromatic heterocycles. The summed E-state index contributed by atoms with van der Waals surface area (Å²) in [6.07, 6.45) is 2.70. The van der Waals surface area contributed by atoms with E-state index in [0.29, 0.717) is 0 Å². The summed E-state index contributed by atoms with van der Waals surface area (Å²) in [5.74, 6) is 1.92. The summed E-state index contributed by atoms with van der Waals surface area (Å²) in [7, 11) is 0. The van der Waals surface area contributed by atoms with E-state index >= 15 is 0 Å². The average molecular weight is 353 g/mol. The molecule has 3 nitrogen and oxygen atoms in total. The Hall–Kier alpha value is -3.04. The number of benzene rings is 3. The number of ether oxygens (including phenoxy) is 1. The first-order chi connectivity index (χ1) is 13.4. The maximum Gasteiger partial charge on any atom is 0.180 e. The van der Waals surface area contributed by atoms with Gasteiger partial charge >= 0.3 is 0 Å². The van der Waals surface area contributed by atoms with Crippen LogP contribution in [-0.4, -0.2) is 11.4 Å². The molecule has 4 aromatic rings. The van der Waals surface area contributed by atoms with E-state index in [1.54, 1.807) is 6.26 Å². The van der Waals surface area contributed by atoms with Gasteiger partial charge in [0.15, 0.2) is 6.23 Å². The first kappa shape index (κ1) is 15.1. The minimum absolute atomic E-state index is 0.0493. The maximum absolute atomic E-state index is 6.58. The van der Waals surface area contributed by atoms with Gasteiger partial charge < -0.3 is 9.15 Å². The molecule has 0 amide bonds. The third-order valence-corrected chi connectivity index (χ3v) is 5.85. The van der Waals surface area contributed by atoms with Crippen molar-refractivity contribution >= 4 is 10.8 Å². The number of hydrogen-bond acceptors (Lipinski definition) is 3. The summed E-state index contributed by atoms with van der Waals surface area (Å²) in [5.41, 5.74) is 3.85. The monoisotopic (exact) mass is 353 g/mol. The molecule has 132 valence electrons. The minimum Gasteiger partial charge on any atom is -0.470 e. The number of rotatable bonds is 1. The molecular formula is C24H19NO2. The van der Waals surface area contributed by atoms with E-state index in [1.165, 1.54) is 27.5 Å². The molecule has 0 spiro atoms. The lowest BCUT2D eigenvalue weighted by molar-refractivity contribution is -0.0311. The van der Waals surface area contributed by atoms with Crippen LogP contribution in [0.5, 0.6) is 5.75 Å². The summed E-state index contributed by atoms with van der Waals surface area (Å²) < 4.78 is 12.5. The second kappa shape index (κ2) is 5.73. The molecule has 3 aromatic carbocycles. The van der Waals surface area contributed by atoms with E-state index in [9.17, 15) is 0 Å². The van der Waals surface area contributed by atoms with Gasteiger partial charge in [0.2, 0.25) is 0 Å². The van der Waals surface area contributed by atoms with Crippen LogP contribution >= 0.6 is 0 Å². The number of hydrogen-bond donors (Lipinski definition) is 0. The van der Waals surface area contributed by atoms with E-state index in [0.717, 1.165) is 24.5 Å². The normalized spacial score (nSPS) is 21.2. The van der Waals surface area contributed by atoms with Crippen molar-refractivity contribution in [3.63, 3.8) is 0 Å². The van der Waals surface area contributed by atoms with E-state index < -0.39 is 0 Å². The highest BCUT2D eigenvalue weighted by atomic mass is 16.5. The van der Waals surface area contributed by atoms with Gasteiger partial charge in [-0.1, -0.05) is 54.6 Å². The molecule has 0 bridgehead atoms. The summed E-state index contributed by atoms with van der Waals surface area (Å²) in [4.78, 5) is 2.44. The Kier molecular flexibility index (Phi) is 3.20. The maximum atomic E-state index is 6.58. The van der Waals surface area contributed by atoms with Crippen molar-refractivity contribution in [1.29, 1.82) is 0 Å². The van der Waals surface area contributed by atoms with Crippen molar-refractivity contribution in [1.82, 2.24) is 4.90 Å². The zero-order valence-corrected chi connectivity index (χ0v) is 14.8. The van der Waals surface area contributed by atoms with Gasteiger partial charge in [-0.25, -0.2) is 4.90 Å². The Morgan fingerprint density at radius 3 is 2.67 bits per heavy atom. The largest absolute Gasteiger partial charge is 0.470 e. The Bertz CT molecular complexity index is 1130. The molecule has 0 aliphatic carbocycles. The fraction of sp³-hybridized carbons (Fsp3) is 0.167. The van der Waals surface area contributed by atoms with Crippen molar-refractivity contribution in [2.45, 2.75) is 18.7 Å². The van der Waals surface area contributed by atoms with Gasteiger partial charge in [-0.05, 0) is 41.0 Å². The van der Waals surface area contributed by atoms with Crippen molar-refractivity contribution < 1.29 is 9.15 Å². The van der Waals surface area contributed by atoms with Gasteiger partial charge in [0, 0.05) is 17.7 Å². The van der Waals surface area contributed by atoms with Gasteiger partial charge in [-0.3, -0.25) is 0 Å². The summed E-state index contributed by atoms with van der Waals surface area (Å²) in [6.45, 7) is 0.940. The van der Waals surface area contributed by atoms with Gasteiger partial charge in [0.25, 0.3) is 0 Å². The number of nitrogens with zero attached hydrogens (tertiary/aromatic N) is 1. The highest BCUT2D eigenvalue weighted by Gasteiger charge is 2.42. The van der Waals surface area contributed by atoms with Gasteiger partial charge in [-0.2, -0.15) is 0 Å². The third kappa shape index (κ3) is 2.18. The molecule has 0 saturated carbocycles. The predicted molar refractivity (Wildman–Crippen MR) is 105 cm³/mol. The lowest BCUT2D eigenvalue weighted by Gasteiger charge is -2.45. The zero-order chi connectivity index (χ0) is 17.8. The van der Waals surface area contributed by atoms with Gasteiger partial charge in [0.1, 0.15) is 17.6 Å². The van der Waals surface area contributed by atoms with E-state index in [4.69, 9.17) is 9.15 Å². The second-order valence-electron chi connectivity index (χ2n) is 7.27. The second-order valence-corrected chi connectivity index (χ2v) is 7.27. The highest BCUT2D eigenvalue weighted by molar-refractivity contribution is 5.89. The Labute approximate surface area is 157 Å². The average Bonchev–Trinajstić information content (AvgIpc) is 3.26. The van der Waals surface area contributed by atoms with Crippen LogP contribution in [0.3, 0.4) is 0 Å². The molecular weight excluding hydrogens is 334 g/mol. The molecule has 2 aliphatic rings. The van der Waals surface area contributed by atoms with E-state index in [-0.39, 0.29) is 12.3 Å². The summed E-state index contributed by atoms with van der Waals surface area (Å²) in [6, 6.07) is 25.5. The van der Waals surface area contributed by atoms with Gasteiger partial charge in [0.05, 0.1) is 6.26 Å². The Morgan fingerprint density at radius 2 is 1.74 bits per heavy atom. The first-order valence-electron chi connectivity index (χ1n) is 9.45. The molecule has 3 heteroatoms. The van der Waals surface area contributed by atoms with Crippen molar-refractivity contribution in [2.24, 2.45) is 0 Å². The predicted octanol–water partition coefficient (Wildman–Crippen LogP) is 5.47. The highest BCUT2D eigenvalue weighted by Crippen LogP contribution is 2.49. The Balaban J connectivity index is 1.62. The molecule has 0 N–H and O–H groups in total. The molecule has 3 heterocycles. The molecule has 2 unspecified atom stereocenters. The van der Waals surface area contributed by atoms with Crippen molar-refractivity contribution in [3.05, 3.63) is 102 Å².